The van der Waals surface area contributed by atoms with Gasteiger partial charge in [-0.3, -0.25) is 0 Å². The molecule has 2 aromatic heterocycles. The van der Waals surface area contributed by atoms with Gasteiger partial charge in [0.2, 0.25) is 0 Å². The number of fused-ring (bicyclic) bond motifs is 1. The van der Waals surface area contributed by atoms with E-state index in [0.717, 1.165) is 6.07 Å². The molecule has 0 aliphatic carbocycles. The molecule has 1 aromatic carbocycles. The third-order valence-corrected chi connectivity index (χ3v) is 5.05. The largest absolute Gasteiger partial charge is 0.327 e. The van der Waals surface area contributed by atoms with Crippen molar-refractivity contribution in [2.45, 2.75) is 18.4 Å². The molecule has 3 aromatic rings. The number of allylic oxidation sites excluding steroid dienone is 1. The van der Waals surface area contributed by atoms with Crippen LogP contribution in [-0.2, 0) is 6.54 Å². The van der Waals surface area contributed by atoms with Crippen molar-refractivity contribution in [3.63, 3.8) is 0 Å². The number of aromatic nitrogens is 2. The average Bonchev–Trinajstić information content (AvgIpc) is 2.91. The van der Waals surface area contributed by atoms with Gasteiger partial charge in [-0.1, -0.05) is 31.6 Å². The Hall–Kier alpha value is -2.86. The summed E-state index contributed by atoms with van der Waals surface area (Å²) in [5.41, 5.74) is 1.66. The quantitative estimate of drug-likeness (QED) is 0.363. The van der Waals surface area contributed by atoms with Crippen molar-refractivity contribution in [1.82, 2.24) is 9.55 Å². The second-order valence-electron chi connectivity index (χ2n) is 6.14. The van der Waals surface area contributed by atoms with Gasteiger partial charge >= 0.3 is 10.2 Å². The first-order chi connectivity index (χ1) is 12.4. The van der Waals surface area contributed by atoms with Crippen molar-refractivity contribution in [3.05, 3.63) is 65.5 Å². The summed E-state index contributed by atoms with van der Waals surface area (Å²) in [6, 6.07) is 8.60. The number of pyridine rings is 1. The van der Waals surface area contributed by atoms with Crippen LogP contribution in [0.25, 0.3) is 17.1 Å². The minimum Gasteiger partial charge on any atom is -0.327 e. The highest BCUT2D eigenvalue weighted by atomic mass is 32.5. The molecule has 27 heavy (non-hydrogen) atoms. The average molecular weight is 399 g/mol. The van der Waals surface area contributed by atoms with Gasteiger partial charge in [0.1, 0.15) is 10.5 Å². The predicted molar refractivity (Wildman–Crippen MR) is 95.9 cm³/mol. The number of hydrogen-bond acceptors (Lipinski definition) is 2. The van der Waals surface area contributed by atoms with E-state index in [9.17, 15) is 19.4 Å². The summed E-state index contributed by atoms with van der Waals surface area (Å²) < 4.78 is 66.8. The van der Waals surface area contributed by atoms with Crippen LogP contribution in [0.15, 0.2) is 59.3 Å². The molecule has 3 nitrogen and oxygen atoms in total. The number of benzene rings is 1. The molecule has 0 unspecified atom stereocenters. The van der Waals surface area contributed by atoms with E-state index in [2.05, 4.69) is 4.98 Å². The molecule has 3 rings (SSSR count). The number of nitriles is 1. The summed E-state index contributed by atoms with van der Waals surface area (Å²) >= 11 is 0. The third kappa shape index (κ3) is 4.11. The smallest absolute Gasteiger partial charge is 0.310 e. The highest BCUT2D eigenvalue weighted by Crippen LogP contribution is 3.02. The monoisotopic (exact) mass is 399 g/mol. The van der Waals surface area contributed by atoms with Crippen molar-refractivity contribution in [2.24, 2.45) is 0 Å². The van der Waals surface area contributed by atoms with Crippen LogP contribution in [0.2, 0.25) is 0 Å². The fraction of sp³-hybridized carbons (Fsp3) is 0.111. The molecule has 0 saturated heterocycles. The lowest BCUT2D eigenvalue weighted by atomic mass is 10.1. The molecule has 2 heterocycles. The molecule has 0 N–H and O–H groups in total. The Morgan fingerprint density at radius 2 is 1.93 bits per heavy atom. The van der Waals surface area contributed by atoms with Crippen LogP contribution in [0, 0.1) is 11.3 Å². The molecule has 0 saturated carbocycles. The van der Waals surface area contributed by atoms with Gasteiger partial charge in [0.15, 0.2) is 0 Å². The van der Waals surface area contributed by atoms with E-state index in [-0.39, 0.29) is 12.1 Å². The van der Waals surface area contributed by atoms with Crippen molar-refractivity contribution in [2.75, 3.05) is 0 Å². The van der Waals surface area contributed by atoms with Crippen LogP contribution in [0.1, 0.15) is 18.1 Å². The van der Waals surface area contributed by atoms with Crippen molar-refractivity contribution < 1.29 is 19.4 Å². The van der Waals surface area contributed by atoms with E-state index in [1.807, 2.05) is 6.07 Å². The Bertz CT molecular complexity index is 1110. The zero-order valence-electron chi connectivity index (χ0n) is 14.0. The molecule has 0 atom stereocenters. The van der Waals surface area contributed by atoms with E-state index in [1.54, 1.807) is 35.9 Å². The number of hydrogen-bond donors (Lipinski definition) is 0. The van der Waals surface area contributed by atoms with Gasteiger partial charge in [-0.2, -0.15) is 5.26 Å². The van der Waals surface area contributed by atoms with Crippen molar-refractivity contribution in [3.8, 4) is 6.07 Å². The first-order valence-electron chi connectivity index (χ1n) is 7.73. The van der Waals surface area contributed by atoms with Gasteiger partial charge in [-0.05, 0) is 42.8 Å². The van der Waals surface area contributed by atoms with Crippen LogP contribution in [0.5, 0.6) is 0 Å². The lowest BCUT2D eigenvalue weighted by Gasteiger charge is -2.40. The van der Waals surface area contributed by atoms with Crippen LogP contribution in [0.3, 0.4) is 0 Å². The zero-order chi connectivity index (χ0) is 19.9. The van der Waals surface area contributed by atoms with Crippen LogP contribution in [-0.4, -0.2) is 9.55 Å². The molecule has 0 aliphatic heterocycles. The van der Waals surface area contributed by atoms with Crippen LogP contribution in [0.4, 0.5) is 19.4 Å². The molecule has 0 spiro atoms. The molecule has 0 aliphatic rings. The normalized spacial score (nSPS) is 15.2. The summed E-state index contributed by atoms with van der Waals surface area (Å²) in [6.45, 7) is 1.55. The van der Waals surface area contributed by atoms with E-state index < -0.39 is 15.1 Å². The molecule has 0 fully saturated rings. The number of halogens is 5. The predicted octanol–water partition coefficient (Wildman–Crippen LogP) is 6.67. The van der Waals surface area contributed by atoms with Crippen LogP contribution < -0.4 is 0 Å². The maximum atomic E-state index is 13.0. The first-order valence-corrected chi connectivity index (χ1v) is 9.68. The summed E-state index contributed by atoms with van der Waals surface area (Å²) in [4.78, 5) is 2.30. The van der Waals surface area contributed by atoms with Gasteiger partial charge in [0.05, 0.1) is 6.07 Å². The minimum atomic E-state index is -9.74. The fourth-order valence-electron chi connectivity index (χ4n) is 2.73. The number of rotatable bonds is 4. The Labute approximate surface area is 152 Å². The van der Waals surface area contributed by atoms with E-state index in [1.165, 1.54) is 12.3 Å². The van der Waals surface area contributed by atoms with Gasteiger partial charge in [0.25, 0.3) is 0 Å². The molecular formula is C18H14F5N3S. The Morgan fingerprint density at radius 1 is 1.19 bits per heavy atom. The first kappa shape index (κ1) is 18.9. The number of nitrogens with zero attached hydrogens (tertiary/aromatic N) is 3. The van der Waals surface area contributed by atoms with Gasteiger partial charge in [-0.15, -0.1) is 0 Å². The maximum absolute atomic E-state index is 13.0. The third-order valence-electron chi connectivity index (χ3n) is 3.91. The molecule has 0 bridgehead atoms. The SMILES string of the molecule is C/C(C#N)=C\c1cn(Cc2cccc(S(F)(F)(F)(F)F)c2)c2ncccc12. The molecule has 142 valence electrons. The fourth-order valence-corrected chi connectivity index (χ4v) is 3.44. The lowest BCUT2D eigenvalue weighted by molar-refractivity contribution is 0.364. The second kappa shape index (κ2) is 5.57. The van der Waals surface area contributed by atoms with E-state index >= 15 is 0 Å². The Morgan fingerprint density at radius 3 is 2.59 bits per heavy atom. The summed E-state index contributed by atoms with van der Waals surface area (Å²) in [5.74, 6) is 0. The zero-order valence-corrected chi connectivity index (χ0v) is 14.9. The summed E-state index contributed by atoms with van der Waals surface area (Å²) in [5, 5.41) is 9.66. The lowest BCUT2D eigenvalue weighted by Crippen LogP contribution is -2.07. The Balaban J connectivity index is 2.08. The topological polar surface area (TPSA) is 41.6 Å². The minimum absolute atomic E-state index is 0.0656. The summed E-state index contributed by atoms with van der Waals surface area (Å²) in [6.07, 6.45) is 4.78. The van der Waals surface area contributed by atoms with Crippen molar-refractivity contribution in [1.29, 1.82) is 5.26 Å². The van der Waals surface area contributed by atoms with E-state index in [4.69, 9.17) is 5.26 Å². The van der Waals surface area contributed by atoms with Gasteiger partial charge < -0.3 is 4.57 Å². The van der Waals surface area contributed by atoms with Crippen molar-refractivity contribution >= 4 is 27.3 Å². The Kier molecular flexibility index (Phi) is 3.90. The molecule has 0 radical (unpaired) electrons. The van der Waals surface area contributed by atoms with Crippen LogP contribution >= 0.6 is 10.2 Å². The van der Waals surface area contributed by atoms with E-state index in [0.29, 0.717) is 34.3 Å². The van der Waals surface area contributed by atoms with Gasteiger partial charge in [-0.25, -0.2) is 4.98 Å². The summed E-state index contributed by atoms with van der Waals surface area (Å²) in [7, 11) is -9.74. The highest BCUT2D eigenvalue weighted by Gasteiger charge is 2.65. The molecule has 0 amide bonds. The maximum Gasteiger partial charge on any atom is 0.310 e. The molecule has 9 heteroatoms. The highest BCUT2D eigenvalue weighted by molar-refractivity contribution is 8.45. The van der Waals surface area contributed by atoms with Gasteiger partial charge in [0, 0.05) is 35.5 Å². The molecular weight excluding hydrogens is 385 g/mol. The standard InChI is InChI=1S/C18H14F5N3S/c1-13(10-24)8-15-12-26(18-17(15)6-3-7-25-18)11-14-4-2-5-16(9-14)27(19,20,21,22)23/h2-9,12H,11H2,1H3/b13-8+. The second-order valence-corrected chi connectivity index (χ2v) is 8.55.